The number of carbonyl (C=O) groups excluding carboxylic acids is 1. The summed E-state index contributed by atoms with van der Waals surface area (Å²) in [5, 5.41) is 3.32. The number of nitrogens with one attached hydrogen (secondary N) is 1. The van der Waals surface area contributed by atoms with E-state index < -0.39 is 5.54 Å². The number of cyclic esters (lactones) is 1. The third-order valence-corrected chi connectivity index (χ3v) is 2.78. The van der Waals surface area contributed by atoms with Gasteiger partial charge in [-0.2, -0.15) is 0 Å². The summed E-state index contributed by atoms with van der Waals surface area (Å²) < 4.78 is 5.13. The highest BCUT2D eigenvalue weighted by atomic mass is 16.5. The minimum absolute atomic E-state index is 0.146. The highest BCUT2D eigenvalue weighted by molar-refractivity contribution is 5.80. The van der Waals surface area contributed by atoms with Gasteiger partial charge >= 0.3 is 5.97 Å². The molecule has 0 aliphatic carbocycles. The van der Waals surface area contributed by atoms with Crippen molar-refractivity contribution >= 4 is 5.97 Å². The molecule has 0 bridgehead atoms. The lowest BCUT2D eigenvalue weighted by Crippen LogP contribution is -2.60. The Balaban J connectivity index is 2.60. The smallest absolute Gasteiger partial charge is 0.325 e. The molecule has 3 nitrogen and oxygen atoms in total. The van der Waals surface area contributed by atoms with Crippen LogP contribution in [0.4, 0.5) is 0 Å². The van der Waals surface area contributed by atoms with Crippen molar-refractivity contribution in [2.24, 2.45) is 5.92 Å². The molecule has 0 spiro atoms. The van der Waals surface area contributed by atoms with Crippen LogP contribution in [0.3, 0.4) is 0 Å². The highest BCUT2D eigenvalue weighted by Gasteiger charge is 2.37. The van der Waals surface area contributed by atoms with Crippen molar-refractivity contribution in [1.82, 2.24) is 5.32 Å². The first kappa shape index (κ1) is 10.5. The second-order valence-electron chi connectivity index (χ2n) is 4.36. The van der Waals surface area contributed by atoms with Gasteiger partial charge in [-0.25, -0.2) is 0 Å². The van der Waals surface area contributed by atoms with Crippen LogP contribution in [0, 0.1) is 5.92 Å². The second-order valence-corrected chi connectivity index (χ2v) is 4.36. The molecule has 2 atom stereocenters. The monoisotopic (exact) mass is 185 g/mol. The Bertz CT molecular complexity index is 201. The predicted octanol–water partition coefficient (Wildman–Crippen LogP) is 1.33. The Morgan fingerprint density at radius 1 is 1.69 bits per heavy atom. The third kappa shape index (κ3) is 2.21. The zero-order valence-electron chi connectivity index (χ0n) is 8.89. The maximum atomic E-state index is 11.3. The summed E-state index contributed by atoms with van der Waals surface area (Å²) in [6, 6.07) is 0.303. The number of morpholine rings is 1. The van der Waals surface area contributed by atoms with E-state index in [-0.39, 0.29) is 5.97 Å². The summed E-state index contributed by atoms with van der Waals surface area (Å²) in [6.07, 6.45) is 1.10. The molecule has 0 aromatic heterocycles. The Labute approximate surface area is 79.8 Å². The minimum atomic E-state index is -0.521. The average Bonchev–Trinajstić information content (AvgIpc) is 2.08. The van der Waals surface area contributed by atoms with E-state index in [4.69, 9.17) is 4.74 Å². The molecule has 0 aromatic carbocycles. The van der Waals surface area contributed by atoms with E-state index in [1.165, 1.54) is 0 Å². The van der Waals surface area contributed by atoms with Crippen LogP contribution in [0.25, 0.3) is 0 Å². The molecule has 1 aliphatic rings. The summed E-state index contributed by atoms with van der Waals surface area (Å²) in [5.74, 6) is 0.402. The Morgan fingerprint density at radius 2 is 2.31 bits per heavy atom. The van der Waals surface area contributed by atoms with Gasteiger partial charge in [-0.3, -0.25) is 10.1 Å². The van der Waals surface area contributed by atoms with E-state index in [1.54, 1.807) is 0 Å². The Kier molecular flexibility index (Phi) is 2.96. The van der Waals surface area contributed by atoms with Crippen LogP contribution in [-0.4, -0.2) is 24.2 Å². The molecule has 0 saturated carbocycles. The predicted molar refractivity (Wildman–Crippen MR) is 51.4 cm³/mol. The number of rotatable bonds is 2. The lowest BCUT2D eigenvalue weighted by molar-refractivity contribution is -0.158. The standard InChI is InChI=1S/C10H19NO2/c1-5-7(2)8-6-13-9(12)10(3,4)11-8/h7-8,11H,5-6H2,1-4H3. The molecule has 13 heavy (non-hydrogen) atoms. The normalized spacial score (nSPS) is 29.5. The molecule has 1 aliphatic heterocycles. The van der Waals surface area contributed by atoms with Crippen LogP contribution in [0.15, 0.2) is 0 Å². The zero-order chi connectivity index (χ0) is 10.1. The van der Waals surface area contributed by atoms with Crippen molar-refractivity contribution < 1.29 is 9.53 Å². The van der Waals surface area contributed by atoms with E-state index in [0.29, 0.717) is 18.6 Å². The van der Waals surface area contributed by atoms with E-state index >= 15 is 0 Å². The average molecular weight is 185 g/mol. The molecule has 76 valence electrons. The SMILES string of the molecule is CCC(C)C1COC(=O)C(C)(C)N1. The summed E-state index contributed by atoms with van der Waals surface area (Å²) in [6.45, 7) is 8.56. The van der Waals surface area contributed by atoms with Gasteiger partial charge in [0.2, 0.25) is 0 Å². The van der Waals surface area contributed by atoms with Crippen LogP contribution < -0.4 is 5.32 Å². The van der Waals surface area contributed by atoms with E-state index in [0.717, 1.165) is 6.42 Å². The third-order valence-electron chi connectivity index (χ3n) is 2.78. The van der Waals surface area contributed by atoms with Gasteiger partial charge in [-0.05, 0) is 19.8 Å². The lowest BCUT2D eigenvalue weighted by Gasteiger charge is -2.37. The number of hydrogen-bond donors (Lipinski definition) is 1. The van der Waals surface area contributed by atoms with Crippen LogP contribution in [0.5, 0.6) is 0 Å². The molecule has 1 N–H and O–H groups in total. The number of hydrogen-bond acceptors (Lipinski definition) is 3. The molecule has 2 unspecified atom stereocenters. The molecule has 1 fully saturated rings. The van der Waals surface area contributed by atoms with Crippen molar-refractivity contribution in [3.05, 3.63) is 0 Å². The van der Waals surface area contributed by atoms with Gasteiger partial charge in [0.25, 0.3) is 0 Å². The fourth-order valence-corrected chi connectivity index (χ4v) is 1.50. The van der Waals surface area contributed by atoms with E-state index in [1.807, 2.05) is 13.8 Å². The van der Waals surface area contributed by atoms with Crippen molar-refractivity contribution in [3.63, 3.8) is 0 Å². The van der Waals surface area contributed by atoms with Gasteiger partial charge in [0.1, 0.15) is 12.1 Å². The molecule has 0 amide bonds. The van der Waals surface area contributed by atoms with Gasteiger partial charge in [0, 0.05) is 6.04 Å². The van der Waals surface area contributed by atoms with E-state index in [9.17, 15) is 4.79 Å². The topological polar surface area (TPSA) is 38.3 Å². The minimum Gasteiger partial charge on any atom is -0.463 e. The maximum Gasteiger partial charge on any atom is 0.325 e. The first-order chi connectivity index (χ1) is 5.97. The first-order valence-corrected chi connectivity index (χ1v) is 4.92. The zero-order valence-corrected chi connectivity index (χ0v) is 8.89. The van der Waals surface area contributed by atoms with Gasteiger partial charge in [-0.15, -0.1) is 0 Å². The van der Waals surface area contributed by atoms with Crippen molar-refractivity contribution in [3.8, 4) is 0 Å². The van der Waals surface area contributed by atoms with Crippen molar-refractivity contribution in [1.29, 1.82) is 0 Å². The van der Waals surface area contributed by atoms with Crippen LogP contribution >= 0.6 is 0 Å². The molecule has 1 rings (SSSR count). The lowest BCUT2D eigenvalue weighted by atomic mass is 9.94. The summed E-state index contributed by atoms with van der Waals surface area (Å²) in [5.41, 5.74) is -0.521. The van der Waals surface area contributed by atoms with Crippen LogP contribution in [0.1, 0.15) is 34.1 Å². The number of esters is 1. The number of ether oxygens (including phenoxy) is 1. The molecule has 1 saturated heterocycles. The Hall–Kier alpha value is -0.570. The second kappa shape index (κ2) is 3.66. The molecular formula is C10H19NO2. The fourth-order valence-electron chi connectivity index (χ4n) is 1.50. The highest BCUT2D eigenvalue weighted by Crippen LogP contribution is 2.18. The van der Waals surface area contributed by atoms with Crippen molar-refractivity contribution in [2.45, 2.75) is 45.7 Å². The van der Waals surface area contributed by atoms with Gasteiger partial charge in [0.15, 0.2) is 0 Å². The summed E-state index contributed by atoms with van der Waals surface area (Å²) in [7, 11) is 0. The quantitative estimate of drug-likeness (QED) is 0.659. The fraction of sp³-hybridized carbons (Fsp3) is 0.900. The Morgan fingerprint density at radius 3 is 2.77 bits per heavy atom. The van der Waals surface area contributed by atoms with Gasteiger partial charge < -0.3 is 4.74 Å². The number of carbonyl (C=O) groups is 1. The molecule has 0 radical (unpaired) electrons. The first-order valence-electron chi connectivity index (χ1n) is 4.92. The maximum absolute atomic E-state index is 11.3. The molecular weight excluding hydrogens is 166 g/mol. The van der Waals surface area contributed by atoms with Gasteiger partial charge in [0.05, 0.1) is 0 Å². The molecule has 1 heterocycles. The van der Waals surface area contributed by atoms with E-state index in [2.05, 4.69) is 19.2 Å². The summed E-state index contributed by atoms with van der Waals surface area (Å²) in [4.78, 5) is 11.3. The molecule has 3 heteroatoms. The van der Waals surface area contributed by atoms with Gasteiger partial charge in [-0.1, -0.05) is 20.3 Å². The van der Waals surface area contributed by atoms with Crippen LogP contribution in [-0.2, 0) is 9.53 Å². The molecule has 0 aromatic rings. The van der Waals surface area contributed by atoms with Crippen molar-refractivity contribution in [2.75, 3.05) is 6.61 Å². The van der Waals surface area contributed by atoms with Crippen LogP contribution in [0.2, 0.25) is 0 Å². The summed E-state index contributed by atoms with van der Waals surface area (Å²) >= 11 is 0. The largest absolute Gasteiger partial charge is 0.463 e.